The zero-order valence-electron chi connectivity index (χ0n) is 19.4. The van der Waals surface area contributed by atoms with Crippen LogP contribution in [0.5, 0.6) is 5.75 Å². The lowest BCUT2D eigenvalue weighted by Crippen LogP contribution is -2.49. The molecule has 0 saturated carbocycles. The van der Waals surface area contributed by atoms with E-state index in [1.807, 2.05) is 91.0 Å². The van der Waals surface area contributed by atoms with Gasteiger partial charge in [0.25, 0.3) is 5.91 Å². The summed E-state index contributed by atoms with van der Waals surface area (Å²) in [4.78, 5) is 25.6. The summed E-state index contributed by atoms with van der Waals surface area (Å²) in [6.45, 7) is 0.439. The van der Waals surface area contributed by atoms with Crippen molar-refractivity contribution in [2.75, 3.05) is 0 Å². The Kier molecular flexibility index (Phi) is 8.40. The molecule has 36 heavy (non-hydrogen) atoms. The van der Waals surface area contributed by atoms with Crippen LogP contribution >= 0.6 is 12.2 Å². The summed E-state index contributed by atoms with van der Waals surface area (Å²) < 4.78 is 5.75. The Hall–Kier alpha value is -4.49. The van der Waals surface area contributed by atoms with Gasteiger partial charge in [0, 0.05) is 5.56 Å². The molecule has 0 aliphatic heterocycles. The van der Waals surface area contributed by atoms with Crippen molar-refractivity contribution in [3.05, 3.63) is 138 Å². The van der Waals surface area contributed by atoms with Crippen LogP contribution in [0.2, 0.25) is 0 Å². The maximum absolute atomic E-state index is 13.1. The first-order chi connectivity index (χ1) is 17.6. The summed E-state index contributed by atoms with van der Waals surface area (Å²) in [5.74, 6) is -0.603. The number of hydrazine groups is 1. The molecule has 0 saturated heterocycles. The molecular weight excluding hydrogens is 470 g/mol. The number of rotatable bonds is 7. The number of hydrogen-bond acceptors (Lipinski definition) is 4. The second kappa shape index (κ2) is 12.3. The predicted octanol–water partition coefficient (Wildman–Crippen LogP) is 4.73. The summed E-state index contributed by atoms with van der Waals surface area (Å²) in [5, 5.41) is 2.67. The van der Waals surface area contributed by atoms with Crippen LogP contribution in [0.25, 0.3) is 0 Å². The van der Waals surface area contributed by atoms with Gasteiger partial charge in [0.1, 0.15) is 12.4 Å². The number of ether oxygens (including phenoxy) is 1. The largest absolute Gasteiger partial charge is 0.489 e. The number of benzene rings is 4. The normalized spacial score (nSPS) is 10.4. The topological polar surface area (TPSA) is 79.5 Å². The van der Waals surface area contributed by atoms with E-state index < -0.39 is 11.8 Å². The summed E-state index contributed by atoms with van der Waals surface area (Å²) >= 11 is 5.24. The van der Waals surface area contributed by atoms with Crippen molar-refractivity contribution in [3.63, 3.8) is 0 Å². The lowest BCUT2D eigenvalue weighted by atomic mass is 9.90. The number of carbonyl (C=O) groups excluding carboxylic acids is 2. The molecule has 3 N–H and O–H groups in total. The molecule has 180 valence electrons. The fourth-order valence-electron chi connectivity index (χ4n) is 3.63. The predicted molar refractivity (Wildman–Crippen MR) is 143 cm³/mol. The fourth-order valence-corrected chi connectivity index (χ4v) is 3.78. The van der Waals surface area contributed by atoms with Gasteiger partial charge in [-0.2, -0.15) is 0 Å². The molecule has 4 aromatic carbocycles. The second-order valence-corrected chi connectivity index (χ2v) is 8.36. The Morgan fingerprint density at radius 3 is 1.78 bits per heavy atom. The quantitative estimate of drug-likeness (QED) is 0.255. The summed E-state index contributed by atoms with van der Waals surface area (Å²) in [7, 11) is 0. The lowest BCUT2D eigenvalue weighted by Gasteiger charge is -2.19. The van der Waals surface area contributed by atoms with Crippen molar-refractivity contribution < 1.29 is 14.3 Å². The zero-order chi connectivity index (χ0) is 25.2. The lowest BCUT2D eigenvalue weighted by molar-refractivity contribution is -0.120. The van der Waals surface area contributed by atoms with Crippen LogP contribution in [0.4, 0.5) is 0 Å². The first-order valence-corrected chi connectivity index (χ1v) is 11.8. The maximum Gasteiger partial charge on any atom is 0.269 e. The van der Waals surface area contributed by atoms with Crippen molar-refractivity contribution in [2.45, 2.75) is 12.5 Å². The fraction of sp³-hybridized carbons (Fsp3) is 0.0690. The van der Waals surface area contributed by atoms with E-state index in [9.17, 15) is 9.59 Å². The van der Waals surface area contributed by atoms with E-state index in [-0.39, 0.29) is 11.0 Å². The van der Waals surface area contributed by atoms with E-state index in [1.165, 1.54) is 0 Å². The van der Waals surface area contributed by atoms with Crippen molar-refractivity contribution in [1.82, 2.24) is 16.2 Å². The molecule has 0 aliphatic carbocycles. The van der Waals surface area contributed by atoms with Crippen LogP contribution in [-0.4, -0.2) is 16.9 Å². The van der Waals surface area contributed by atoms with Gasteiger partial charge in [-0.3, -0.25) is 20.4 Å². The number of carbonyl (C=O) groups is 2. The molecule has 0 aromatic heterocycles. The van der Waals surface area contributed by atoms with E-state index >= 15 is 0 Å². The Labute approximate surface area is 215 Å². The van der Waals surface area contributed by atoms with Gasteiger partial charge in [0.2, 0.25) is 5.91 Å². The second-order valence-electron chi connectivity index (χ2n) is 7.95. The van der Waals surface area contributed by atoms with Gasteiger partial charge < -0.3 is 10.1 Å². The van der Waals surface area contributed by atoms with Crippen LogP contribution in [-0.2, 0) is 11.4 Å². The van der Waals surface area contributed by atoms with E-state index in [4.69, 9.17) is 17.0 Å². The Morgan fingerprint density at radius 1 is 0.694 bits per heavy atom. The van der Waals surface area contributed by atoms with Gasteiger partial charge in [0.05, 0.1) is 5.92 Å². The molecule has 0 atom stereocenters. The average Bonchev–Trinajstić information content (AvgIpc) is 2.93. The monoisotopic (exact) mass is 495 g/mol. The number of nitrogens with one attached hydrogen (secondary N) is 3. The average molecular weight is 496 g/mol. The van der Waals surface area contributed by atoms with Crippen molar-refractivity contribution in [2.24, 2.45) is 0 Å². The number of amides is 2. The van der Waals surface area contributed by atoms with Gasteiger partial charge >= 0.3 is 0 Å². The summed E-state index contributed by atoms with van der Waals surface area (Å²) in [6, 6.07) is 35.5. The third-order valence-electron chi connectivity index (χ3n) is 5.42. The zero-order valence-corrected chi connectivity index (χ0v) is 20.2. The Bertz CT molecular complexity index is 1260. The summed E-state index contributed by atoms with van der Waals surface area (Å²) in [6.07, 6.45) is 0. The third kappa shape index (κ3) is 6.77. The maximum atomic E-state index is 13.1. The van der Waals surface area contributed by atoms with Crippen molar-refractivity contribution in [3.8, 4) is 5.75 Å². The molecule has 0 heterocycles. The Morgan fingerprint density at radius 2 is 1.22 bits per heavy atom. The van der Waals surface area contributed by atoms with Gasteiger partial charge in [0.15, 0.2) is 5.11 Å². The highest BCUT2D eigenvalue weighted by molar-refractivity contribution is 7.80. The highest BCUT2D eigenvalue weighted by Gasteiger charge is 2.23. The van der Waals surface area contributed by atoms with Crippen LogP contribution in [0.3, 0.4) is 0 Å². The molecule has 2 amide bonds. The summed E-state index contributed by atoms with van der Waals surface area (Å²) in [5.41, 5.74) is 8.25. The molecule has 0 aliphatic rings. The van der Waals surface area contributed by atoms with Crippen molar-refractivity contribution in [1.29, 1.82) is 0 Å². The highest BCUT2D eigenvalue weighted by atomic mass is 32.1. The first kappa shape index (κ1) is 24.6. The van der Waals surface area contributed by atoms with Gasteiger partial charge in [-0.1, -0.05) is 91.0 Å². The van der Waals surface area contributed by atoms with E-state index in [2.05, 4.69) is 16.2 Å². The molecule has 0 unspecified atom stereocenters. The molecule has 4 aromatic rings. The minimum Gasteiger partial charge on any atom is -0.489 e. The molecule has 0 bridgehead atoms. The number of hydrogen-bond donors (Lipinski definition) is 3. The molecule has 0 radical (unpaired) electrons. The SMILES string of the molecule is O=C(NNC(=S)NC(=O)C(c1ccccc1)c1ccccc1)c1ccc(OCc2ccccc2)cc1. The molecule has 0 spiro atoms. The van der Waals surface area contributed by atoms with Crippen LogP contribution < -0.4 is 20.9 Å². The minimum atomic E-state index is -0.550. The van der Waals surface area contributed by atoms with E-state index in [1.54, 1.807) is 24.3 Å². The third-order valence-corrected chi connectivity index (χ3v) is 5.62. The van der Waals surface area contributed by atoms with E-state index in [0.717, 1.165) is 16.7 Å². The van der Waals surface area contributed by atoms with Crippen molar-refractivity contribution >= 4 is 29.1 Å². The molecule has 0 fully saturated rings. The van der Waals surface area contributed by atoms with Gasteiger partial charge in [-0.05, 0) is 53.2 Å². The van der Waals surface area contributed by atoms with Gasteiger partial charge in [-0.15, -0.1) is 0 Å². The van der Waals surface area contributed by atoms with Gasteiger partial charge in [-0.25, -0.2) is 0 Å². The van der Waals surface area contributed by atoms with Crippen LogP contribution in [0.15, 0.2) is 115 Å². The molecular formula is C29H25N3O3S. The van der Waals surface area contributed by atoms with E-state index in [0.29, 0.717) is 17.9 Å². The number of thiocarbonyl (C=S) groups is 1. The highest BCUT2D eigenvalue weighted by Crippen LogP contribution is 2.24. The molecule has 4 rings (SSSR count). The molecule has 7 heteroatoms. The smallest absolute Gasteiger partial charge is 0.269 e. The van der Waals surface area contributed by atoms with Crippen LogP contribution in [0, 0.1) is 0 Å². The Balaban J connectivity index is 1.30. The van der Waals surface area contributed by atoms with Crippen LogP contribution in [0.1, 0.15) is 33.0 Å². The standard InChI is InChI=1S/C29H25N3O3S/c33-27(24-16-18-25(19-17-24)35-20-21-10-4-1-5-11-21)31-32-29(36)30-28(34)26(22-12-6-2-7-13-22)23-14-8-3-9-15-23/h1-19,26H,20H2,(H,31,33)(H2,30,32,34,36). The first-order valence-electron chi connectivity index (χ1n) is 11.4. The molecule has 6 nitrogen and oxygen atoms in total. The minimum absolute atomic E-state index is 0.00646.